The van der Waals surface area contributed by atoms with E-state index in [0.29, 0.717) is 12.5 Å². The van der Waals surface area contributed by atoms with Crippen LogP contribution in [0.2, 0.25) is 0 Å². The lowest BCUT2D eigenvalue weighted by Crippen LogP contribution is -2.47. The van der Waals surface area contributed by atoms with Gasteiger partial charge in [-0.2, -0.15) is 0 Å². The van der Waals surface area contributed by atoms with E-state index < -0.39 is 0 Å². The van der Waals surface area contributed by atoms with Crippen molar-refractivity contribution in [3.05, 3.63) is 0 Å². The van der Waals surface area contributed by atoms with Gasteiger partial charge in [-0.3, -0.25) is 0 Å². The summed E-state index contributed by atoms with van der Waals surface area (Å²) in [7, 11) is 0. The molecule has 0 aromatic heterocycles. The Labute approximate surface area is 98.8 Å². The van der Waals surface area contributed by atoms with Crippen molar-refractivity contribution in [1.82, 2.24) is 10.6 Å². The van der Waals surface area contributed by atoms with Gasteiger partial charge in [-0.25, -0.2) is 4.79 Å². The molecular weight excluding hydrogens is 204 g/mol. The van der Waals surface area contributed by atoms with Crippen LogP contribution in [0, 0.1) is 5.92 Å². The van der Waals surface area contributed by atoms with E-state index in [2.05, 4.69) is 17.6 Å². The monoisotopic (exact) mass is 230 g/mol. The number of hydrogen-bond donors (Lipinski definition) is 3. The molecule has 0 spiro atoms. The number of carbonyl (C=O) groups excluding carboxylic acids is 1. The molecule has 0 aliphatic carbocycles. The first-order valence-electron chi connectivity index (χ1n) is 6.06. The van der Waals surface area contributed by atoms with Gasteiger partial charge in [0.25, 0.3) is 0 Å². The molecule has 2 amide bonds. The molecular formula is C12H26N2O2. The number of aliphatic hydroxyl groups is 1. The quantitative estimate of drug-likeness (QED) is 0.652. The lowest BCUT2D eigenvalue weighted by Gasteiger charge is -2.22. The molecule has 0 aromatic rings. The van der Waals surface area contributed by atoms with Crippen molar-refractivity contribution < 1.29 is 9.90 Å². The molecule has 1 atom stereocenters. The molecule has 0 fully saturated rings. The van der Waals surface area contributed by atoms with Crippen LogP contribution in [0.4, 0.5) is 4.79 Å². The fourth-order valence-corrected chi connectivity index (χ4v) is 1.56. The minimum atomic E-state index is -0.207. The molecule has 4 nitrogen and oxygen atoms in total. The highest BCUT2D eigenvalue weighted by molar-refractivity contribution is 5.74. The van der Waals surface area contributed by atoms with E-state index in [1.165, 1.54) is 0 Å². The zero-order chi connectivity index (χ0) is 12.6. The molecule has 0 aliphatic heterocycles. The predicted molar refractivity (Wildman–Crippen MR) is 66.4 cm³/mol. The van der Waals surface area contributed by atoms with Crippen molar-refractivity contribution in [2.45, 2.75) is 52.5 Å². The number of hydrogen-bond acceptors (Lipinski definition) is 2. The molecule has 96 valence electrons. The van der Waals surface area contributed by atoms with Gasteiger partial charge in [0.15, 0.2) is 0 Å². The highest BCUT2D eigenvalue weighted by atomic mass is 16.3. The molecule has 3 N–H and O–H groups in total. The van der Waals surface area contributed by atoms with Gasteiger partial charge in [0.05, 0.1) is 0 Å². The SMILES string of the molecule is CCCC(CCO)CNC(=O)NC(C)(C)C. The smallest absolute Gasteiger partial charge is 0.315 e. The zero-order valence-corrected chi connectivity index (χ0v) is 11.0. The number of amides is 2. The fourth-order valence-electron chi connectivity index (χ4n) is 1.56. The Bertz CT molecular complexity index is 194. The molecule has 0 radical (unpaired) electrons. The van der Waals surface area contributed by atoms with Crippen LogP contribution in [0.5, 0.6) is 0 Å². The molecule has 0 rings (SSSR count). The van der Waals surface area contributed by atoms with E-state index in [-0.39, 0.29) is 18.2 Å². The number of nitrogens with one attached hydrogen (secondary N) is 2. The summed E-state index contributed by atoms with van der Waals surface area (Å²) in [4.78, 5) is 11.5. The molecule has 0 aromatic carbocycles. The minimum absolute atomic E-state index is 0.133. The van der Waals surface area contributed by atoms with Crippen molar-refractivity contribution in [3.8, 4) is 0 Å². The van der Waals surface area contributed by atoms with Gasteiger partial charge < -0.3 is 15.7 Å². The van der Waals surface area contributed by atoms with E-state index in [9.17, 15) is 4.79 Å². The van der Waals surface area contributed by atoms with Gasteiger partial charge in [0.2, 0.25) is 0 Å². The summed E-state index contributed by atoms with van der Waals surface area (Å²) >= 11 is 0. The van der Waals surface area contributed by atoms with E-state index in [1.54, 1.807) is 0 Å². The maximum atomic E-state index is 11.5. The Morgan fingerprint density at radius 3 is 2.38 bits per heavy atom. The Morgan fingerprint density at radius 2 is 1.94 bits per heavy atom. The normalized spacial score (nSPS) is 13.3. The topological polar surface area (TPSA) is 61.4 Å². The minimum Gasteiger partial charge on any atom is -0.396 e. The van der Waals surface area contributed by atoms with Crippen LogP contribution >= 0.6 is 0 Å². The first-order chi connectivity index (χ1) is 7.39. The Kier molecular flexibility index (Phi) is 7.13. The van der Waals surface area contributed by atoms with Gasteiger partial charge in [-0.15, -0.1) is 0 Å². The van der Waals surface area contributed by atoms with Crippen LogP contribution in [0.15, 0.2) is 0 Å². The highest BCUT2D eigenvalue weighted by Crippen LogP contribution is 2.09. The largest absolute Gasteiger partial charge is 0.396 e. The summed E-state index contributed by atoms with van der Waals surface area (Å²) in [5.41, 5.74) is -0.207. The van der Waals surface area contributed by atoms with Gasteiger partial charge in [0.1, 0.15) is 0 Å². The van der Waals surface area contributed by atoms with Crippen LogP contribution in [0.25, 0.3) is 0 Å². The van der Waals surface area contributed by atoms with E-state index in [0.717, 1.165) is 19.3 Å². The van der Waals surface area contributed by atoms with Crippen LogP contribution in [0.3, 0.4) is 0 Å². The van der Waals surface area contributed by atoms with Crippen LogP contribution in [-0.2, 0) is 0 Å². The molecule has 16 heavy (non-hydrogen) atoms. The van der Waals surface area contributed by atoms with Crippen molar-refractivity contribution in [1.29, 1.82) is 0 Å². The summed E-state index contributed by atoms with van der Waals surface area (Å²) < 4.78 is 0. The first kappa shape index (κ1) is 15.2. The highest BCUT2D eigenvalue weighted by Gasteiger charge is 2.14. The average molecular weight is 230 g/mol. The second-order valence-electron chi connectivity index (χ2n) is 5.25. The standard InChI is InChI=1S/C12H26N2O2/c1-5-6-10(7-8-15)9-13-11(16)14-12(2,3)4/h10,15H,5-9H2,1-4H3,(H2,13,14,16). The van der Waals surface area contributed by atoms with Gasteiger partial charge >= 0.3 is 6.03 Å². The third kappa shape index (κ3) is 8.53. The molecule has 0 aliphatic rings. The predicted octanol–water partition coefficient (Wildman–Crippen LogP) is 1.88. The van der Waals surface area contributed by atoms with Crippen molar-refractivity contribution in [3.63, 3.8) is 0 Å². The fraction of sp³-hybridized carbons (Fsp3) is 0.917. The summed E-state index contributed by atoms with van der Waals surface area (Å²) in [6.45, 7) is 8.78. The zero-order valence-electron chi connectivity index (χ0n) is 11.0. The first-order valence-corrected chi connectivity index (χ1v) is 6.06. The maximum absolute atomic E-state index is 11.5. The number of aliphatic hydroxyl groups excluding tert-OH is 1. The van der Waals surface area contributed by atoms with E-state index in [4.69, 9.17) is 5.11 Å². The number of rotatable bonds is 6. The van der Waals surface area contributed by atoms with Gasteiger partial charge in [-0.1, -0.05) is 13.3 Å². The summed E-state index contributed by atoms with van der Waals surface area (Å²) in [6.07, 6.45) is 2.87. The van der Waals surface area contributed by atoms with Gasteiger partial charge in [-0.05, 0) is 39.5 Å². The molecule has 0 heterocycles. The average Bonchev–Trinajstić information content (AvgIpc) is 2.12. The van der Waals surface area contributed by atoms with Crippen molar-refractivity contribution >= 4 is 6.03 Å². The van der Waals surface area contributed by atoms with Crippen molar-refractivity contribution in [2.24, 2.45) is 5.92 Å². The molecule has 0 saturated carbocycles. The number of carbonyl (C=O) groups is 1. The molecule has 0 saturated heterocycles. The maximum Gasteiger partial charge on any atom is 0.315 e. The lowest BCUT2D eigenvalue weighted by molar-refractivity contribution is 0.222. The van der Waals surface area contributed by atoms with Crippen molar-refractivity contribution in [2.75, 3.05) is 13.2 Å². The summed E-state index contributed by atoms with van der Waals surface area (Å²) in [5, 5.41) is 14.6. The van der Waals surface area contributed by atoms with Crippen LogP contribution in [-0.4, -0.2) is 29.8 Å². The molecule has 0 bridgehead atoms. The van der Waals surface area contributed by atoms with Crippen LogP contribution in [0.1, 0.15) is 47.0 Å². The Hall–Kier alpha value is -0.770. The van der Waals surface area contributed by atoms with E-state index >= 15 is 0 Å². The second-order valence-corrected chi connectivity index (χ2v) is 5.25. The van der Waals surface area contributed by atoms with Crippen LogP contribution < -0.4 is 10.6 Å². The lowest BCUT2D eigenvalue weighted by atomic mass is 10.0. The summed E-state index contributed by atoms with van der Waals surface area (Å²) in [5.74, 6) is 0.376. The Morgan fingerprint density at radius 1 is 1.31 bits per heavy atom. The molecule has 4 heteroatoms. The summed E-state index contributed by atoms with van der Waals surface area (Å²) in [6, 6.07) is -0.133. The Balaban J connectivity index is 3.86. The van der Waals surface area contributed by atoms with Gasteiger partial charge in [0, 0.05) is 18.7 Å². The van der Waals surface area contributed by atoms with E-state index in [1.807, 2.05) is 20.8 Å². The molecule has 1 unspecified atom stereocenters. The third-order valence-electron chi connectivity index (χ3n) is 2.27. The second kappa shape index (κ2) is 7.49. The third-order valence-corrected chi connectivity index (χ3v) is 2.27. The number of urea groups is 1.